The van der Waals surface area contributed by atoms with Gasteiger partial charge in [-0.05, 0) is 11.4 Å². The summed E-state index contributed by atoms with van der Waals surface area (Å²) in [5.74, 6) is 0. The summed E-state index contributed by atoms with van der Waals surface area (Å²) >= 11 is 1.65. The Hall–Kier alpha value is -1.00. The van der Waals surface area contributed by atoms with Crippen molar-refractivity contribution >= 4 is 27.8 Å². The number of rotatable bonds is 1. The lowest BCUT2D eigenvalue weighted by Gasteiger charge is -1.77. The molecular weight excluding hydrogens is 190 g/mol. The number of nitrogens with zero attached hydrogens (tertiary/aromatic N) is 1. The highest BCUT2D eigenvalue weighted by Gasteiger charge is 1.79. The zero-order chi connectivity index (χ0) is 8.65. The highest BCUT2D eigenvalue weighted by atomic mass is 32.1. The molecule has 0 aromatic carbocycles. The first kappa shape index (κ1) is 9.09. The molecule has 0 bridgehead atoms. The largest absolute Gasteiger partial charge is 0.205 e. The van der Waals surface area contributed by atoms with Crippen LogP contribution >= 0.6 is 11.3 Å². The molecule has 0 spiro atoms. The lowest BCUT2D eigenvalue weighted by Crippen LogP contribution is -1.47. The van der Waals surface area contributed by atoms with Gasteiger partial charge in [0.2, 0.25) is 11.5 Å². The van der Waals surface area contributed by atoms with Crippen LogP contribution in [0.25, 0.3) is 0 Å². The van der Waals surface area contributed by atoms with E-state index in [1.165, 1.54) is 11.3 Å². The maximum absolute atomic E-state index is 10.1. The molecule has 4 heteroatoms. The van der Waals surface area contributed by atoms with E-state index in [-0.39, 0.29) is 11.5 Å². The summed E-state index contributed by atoms with van der Waals surface area (Å²) in [4.78, 5) is 0. The molecule has 0 fully saturated rings. The second-order valence-electron chi connectivity index (χ2n) is 1.89. The summed E-state index contributed by atoms with van der Waals surface area (Å²) < 4.78 is 13.8. The molecule has 0 saturated carbocycles. The van der Waals surface area contributed by atoms with Crippen LogP contribution in [-0.4, -0.2) is 4.21 Å². The molecule has 1 aromatic rings. The number of hydrogen-bond acceptors (Lipinski definition) is 3. The normalized spacial score (nSPS) is 8.33. The van der Waals surface area contributed by atoms with E-state index in [1.54, 1.807) is 6.07 Å². The van der Waals surface area contributed by atoms with E-state index in [4.69, 9.17) is 0 Å². The third-order valence-corrected chi connectivity index (χ3v) is 2.23. The molecule has 2 nitrogen and oxygen atoms in total. The second-order valence-corrected chi connectivity index (χ2v) is 3.14. The molecular formula is C8H7NOS2. The lowest BCUT2D eigenvalue weighted by atomic mass is 10.5. The molecule has 0 aliphatic heterocycles. The highest BCUT2D eigenvalue weighted by molar-refractivity contribution is 7.55. The van der Waals surface area contributed by atoms with Gasteiger partial charge in [0.25, 0.3) is 0 Å². The Balaban J connectivity index is 3.18. The van der Waals surface area contributed by atoms with Gasteiger partial charge in [0.15, 0.2) is 0 Å². The average molecular weight is 197 g/mol. The van der Waals surface area contributed by atoms with Gasteiger partial charge in [-0.2, -0.15) is 4.21 Å². The Labute approximate surface area is 78.5 Å². The van der Waals surface area contributed by atoms with Crippen molar-refractivity contribution in [2.24, 2.45) is 4.36 Å². The Kier molecular flexibility index (Phi) is 4.26. The van der Waals surface area contributed by atoms with Crippen LogP contribution in [0.1, 0.15) is 0 Å². The molecule has 0 aliphatic carbocycles. The smallest absolute Gasteiger partial charge is 0.191 e. The van der Waals surface area contributed by atoms with Crippen LogP contribution in [0.5, 0.6) is 0 Å². The van der Waals surface area contributed by atoms with Crippen LogP contribution in [0.15, 0.2) is 46.1 Å². The first-order valence-corrected chi connectivity index (χ1v) is 4.88. The first-order chi connectivity index (χ1) is 5.93. The third kappa shape index (κ3) is 3.41. The molecule has 0 radical (unpaired) electrons. The van der Waals surface area contributed by atoms with Crippen LogP contribution in [-0.2, 0) is 11.5 Å². The van der Waals surface area contributed by atoms with Gasteiger partial charge >= 0.3 is 0 Å². The van der Waals surface area contributed by atoms with Crippen LogP contribution in [0.2, 0.25) is 0 Å². The fraction of sp³-hybridized carbons (Fsp3) is 0. The highest BCUT2D eigenvalue weighted by Crippen LogP contribution is 2.13. The molecule has 0 aliphatic rings. The van der Waals surface area contributed by atoms with E-state index in [0.717, 1.165) is 0 Å². The molecule has 0 N–H and O–H groups in total. The van der Waals surface area contributed by atoms with Gasteiger partial charge < -0.3 is 0 Å². The van der Waals surface area contributed by atoms with E-state index < -0.39 is 0 Å². The van der Waals surface area contributed by atoms with Gasteiger partial charge in [0.05, 0.1) is 0 Å². The van der Waals surface area contributed by atoms with Gasteiger partial charge in [-0.15, -0.1) is 15.7 Å². The van der Waals surface area contributed by atoms with E-state index >= 15 is 0 Å². The molecule has 62 valence electrons. The fourth-order valence-electron chi connectivity index (χ4n) is 0.613. The standard InChI is InChI=1S/C8H7NOS2/c10-12-9-8-6-4-2-1-3-5-7-11-8/h1-7H. The van der Waals surface area contributed by atoms with Crippen LogP contribution in [0.4, 0.5) is 5.00 Å². The maximum Gasteiger partial charge on any atom is 0.205 e. The number of hydrogen-bond donors (Lipinski definition) is 0. The molecule has 0 atom stereocenters. The van der Waals surface area contributed by atoms with E-state index in [2.05, 4.69) is 4.36 Å². The summed E-state index contributed by atoms with van der Waals surface area (Å²) in [7, 11) is 0. The summed E-state index contributed by atoms with van der Waals surface area (Å²) in [5, 5.41) is 2.60. The monoisotopic (exact) mass is 197 g/mol. The Morgan fingerprint density at radius 2 is 1.92 bits per heavy atom. The Morgan fingerprint density at radius 3 is 2.75 bits per heavy atom. The van der Waals surface area contributed by atoms with Gasteiger partial charge in [-0.25, -0.2) is 0 Å². The SMILES string of the molecule is O=S=Nc1cccccccs1. The van der Waals surface area contributed by atoms with Gasteiger partial charge in [0, 0.05) is 0 Å². The van der Waals surface area contributed by atoms with Crippen molar-refractivity contribution in [3.8, 4) is 0 Å². The third-order valence-electron chi connectivity index (χ3n) is 1.08. The predicted molar refractivity (Wildman–Crippen MR) is 52.2 cm³/mol. The summed E-state index contributed by atoms with van der Waals surface area (Å²) in [6.45, 7) is 0. The van der Waals surface area contributed by atoms with Crippen molar-refractivity contribution in [3.05, 3.63) is 41.8 Å². The Bertz CT molecular complexity index is 316. The lowest BCUT2D eigenvalue weighted by molar-refractivity contribution is 0.698. The van der Waals surface area contributed by atoms with Gasteiger partial charge in [0.1, 0.15) is 5.00 Å². The van der Waals surface area contributed by atoms with E-state index in [1.807, 2.05) is 35.7 Å². The fourth-order valence-corrected chi connectivity index (χ4v) is 1.48. The molecule has 0 amide bonds. The van der Waals surface area contributed by atoms with Crippen LogP contribution < -0.4 is 0 Å². The van der Waals surface area contributed by atoms with Crippen molar-refractivity contribution in [2.75, 3.05) is 0 Å². The van der Waals surface area contributed by atoms with Gasteiger partial charge in [-0.3, -0.25) is 0 Å². The summed E-state index contributed by atoms with van der Waals surface area (Å²) in [6, 6.07) is 11.3. The second kappa shape index (κ2) is 5.62. The summed E-state index contributed by atoms with van der Waals surface area (Å²) in [5.41, 5.74) is 0. The molecule has 0 saturated heterocycles. The molecule has 1 heterocycles. The van der Waals surface area contributed by atoms with Crippen molar-refractivity contribution < 1.29 is 4.21 Å². The topological polar surface area (TPSA) is 29.4 Å². The van der Waals surface area contributed by atoms with Crippen LogP contribution in [0, 0.1) is 0 Å². The summed E-state index contributed by atoms with van der Waals surface area (Å²) in [6.07, 6.45) is 0. The van der Waals surface area contributed by atoms with Crippen molar-refractivity contribution in [2.45, 2.75) is 0 Å². The predicted octanol–water partition coefficient (Wildman–Crippen LogP) is 2.90. The van der Waals surface area contributed by atoms with Crippen molar-refractivity contribution in [3.63, 3.8) is 0 Å². The zero-order valence-electron chi connectivity index (χ0n) is 6.21. The minimum Gasteiger partial charge on any atom is -0.191 e. The van der Waals surface area contributed by atoms with Crippen LogP contribution in [0.3, 0.4) is 0 Å². The Morgan fingerprint density at radius 1 is 1.17 bits per heavy atom. The van der Waals surface area contributed by atoms with Crippen molar-refractivity contribution in [1.29, 1.82) is 0 Å². The molecule has 1 rings (SSSR count). The first-order valence-electron chi connectivity index (χ1n) is 3.30. The van der Waals surface area contributed by atoms with E-state index in [0.29, 0.717) is 5.00 Å². The quantitative estimate of drug-likeness (QED) is 0.680. The molecule has 12 heavy (non-hydrogen) atoms. The van der Waals surface area contributed by atoms with Gasteiger partial charge in [-0.1, -0.05) is 30.3 Å². The molecule has 1 aromatic heterocycles. The minimum absolute atomic E-state index is 0.229. The van der Waals surface area contributed by atoms with Crippen molar-refractivity contribution in [1.82, 2.24) is 0 Å². The maximum atomic E-state index is 10.1. The molecule has 0 unspecified atom stereocenters. The average Bonchev–Trinajstić information content (AvgIpc) is 2.19. The van der Waals surface area contributed by atoms with E-state index in [9.17, 15) is 4.21 Å². The minimum atomic E-state index is 0.229. The zero-order valence-corrected chi connectivity index (χ0v) is 7.85.